The van der Waals surface area contributed by atoms with Crippen LogP contribution in [-0.2, 0) is 16.6 Å². The van der Waals surface area contributed by atoms with Gasteiger partial charge < -0.3 is 4.42 Å². The van der Waals surface area contributed by atoms with Crippen molar-refractivity contribution >= 4 is 10.0 Å². The van der Waals surface area contributed by atoms with Gasteiger partial charge in [-0.1, -0.05) is 109 Å². The van der Waals surface area contributed by atoms with Crippen LogP contribution < -0.4 is 0 Å². The zero-order chi connectivity index (χ0) is 25.0. The number of hydrogen-bond acceptors (Lipinski definition) is 4. The number of hydrogen-bond donors (Lipinski definition) is 0. The van der Waals surface area contributed by atoms with Crippen LogP contribution in [0.1, 0.15) is 24.4 Å². The van der Waals surface area contributed by atoms with E-state index in [2.05, 4.69) is 0 Å². The fourth-order valence-electron chi connectivity index (χ4n) is 4.20. The van der Waals surface area contributed by atoms with E-state index >= 15 is 0 Å². The van der Waals surface area contributed by atoms with Crippen molar-refractivity contribution in [2.45, 2.75) is 24.4 Å². The monoisotopic (exact) mass is 494 g/mol. The van der Waals surface area contributed by atoms with Gasteiger partial charge in [0.15, 0.2) is 5.76 Å². The van der Waals surface area contributed by atoms with Crippen molar-refractivity contribution in [3.05, 3.63) is 133 Å². The molecule has 6 heteroatoms. The average Bonchev–Trinajstić information content (AvgIpc) is 3.37. The van der Waals surface area contributed by atoms with E-state index in [9.17, 15) is 8.42 Å². The van der Waals surface area contributed by atoms with Gasteiger partial charge in [0.05, 0.1) is 11.4 Å². The first kappa shape index (κ1) is 23.7. The van der Waals surface area contributed by atoms with Gasteiger partial charge in [0.2, 0.25) is 15.9 Å². The summed E-state index contributed by atoms with van der Waals surface area (Å²) >= 11 is 0. The van der Waals surface area contributed by atoms with E-state index in [1.165, 1.54) is 4.31 Å². The molecule has 1 unspecified atom stereocenters. The van der Waals surface area contributed by atoms with Crippen LogP contribution >= 0.6 is 0 Å². The standard InChI is InChI=1S/C30H26N2O3S/c1-23(24-14-6-2-7-15-24)32(36(33,34)27-20-12-5-13-21-27)22-28-31-29(25-16-8-3-9-17-25)30(35-28)26-18-10-4-11-19-26/h2-21,23H,22H2,1H3. The van der Waals surface area contributed by atoms with Crippen LogP contribution in [0.2, 0.25) is 0 Å². The van der Waals surface area contributed by atoms with E-state index in [0.717, 1.165) is 16.7 Å². The third-order valence-corrected chi connectivity index (χ3v) is 8.04. The number of aromatic nitrogens is 1. The average molecular weight is 495 g/mol. The Morgan fingerprint density at radius 2 is 1.22 bits per heavy atom. The highest BCUT2D eigenvalue weighted by molar-refractivity contribution is 7.89. The summed E-state index contributed by atoms with van der Waals surface area (Å²) in [7, 11) is -3.85. The molecule has 180 valence electrons. The molecule has 0 spiro atoms. The molecule has 0 saturated heterocycles. The third-order valence-electron chi connectivity index (χ3n) is 6.11. The summed E-state index contributed by atoms with van der Waals surface area (Å²) in [6.07, 6.45) is 0. The first-order chi connectivity index (χ1) is 17.5. The van der Waals surface area contributed by atoms with Gasteiger partial charge in [-0.25, -0.2) is 13.4 Å². The minimum Gasteiger partial charge on any atom is -0.439 e. The number of oxazole rings is 1. The second-order valence-corrected chi connectivity index (χ2v) is 10.4. The summed E-state index contributed by atoms with van der Waals surface area (Å²) in [5.41, 5.74) is 3.35. The number of sulfonamides is 1. The fourth-order valence-corrected chi connectivity index (χ4v) is 5.79. The van der Waals surface area contributed by atoms with E-state index < -0.39 is 16.1 Å². The van der Waals surface area contributed by atoms with Gasteiger partial charge >= 0.3 is 0 Å². The third kappa shape index (κ3) is 4.87. The summed E-state index contributed by atoms with van der Waals surface area (Å²) in [4.78, 5) is 5.03. The molecule has 1 aromatic heterocycles. The quantitative estimate of drug-likeness (QED) is 0.234. The Morgan fingerprint density at radius 3 is 1.81 bits per heavy atom. The molecule has 1 atom stereocenters. The van der Waals surface area contributed by atoms with Crippen LogP contribution in [0, 0.1) is 0 Å². The first-order valence-electron chi connectivity index (χ1n) is 11.8. The highest BCUT2D eigenvalue weighted by atomic mass is 32.2. The lowest BCUT2D eigenvalue weighted by Crippen LogP contribution is -2.33. The highest BCUT2D eigenvalue weighted by Crippen LogP contribution is 2.35. The van der Waals surface area contributed by atoms with Crippen LogP contribution in [0.4, 0.5) is 0 Å². The molecule has 0 aliphatic heterocycles. The van der Waals surface area contributed by atoms with Crippen LogP contribution in [0.25, 0.3) is 22.6 Å². The molecule has 0 aliphatic rings. The summed E-state index contributed by atoms with van der Waals surface area (Å²) in [5.74, 6) is 0.941. The topological polar surface area (TPSA) is 63.4 Å². The first-order valence-corrected chi connectivity index (χ1v) is 13.2. The zero-order valence-corrected chi connectivity index (χ0v) is 20.7. The minimum atomic E-state index is -3.85. The Morgan fingerprint density at radius 1 is 0.722 bits per heavy atom. The molecule has 1 heterocycles. The SMILES string of the molecule is CC(c1ccccc1)N(Cc1nc(-c2ccccc2)c(-c2ccccc2)o1)S(=O)(=O)c1ccccc1. The number of benzene rings is 4. The van der Waals surface area contributed by atoms with Crippen molar-refractivity contribution in [1.29, 1.82) is 0 Å². The smallest absolute Gasteiger partial charge is 0.244 e. The Balaban J connectivity index is 1.61. The van der Waals surface area contributed by atoms with Crippen LogP contribution in [0.5, 0.6) is 0 Å². The molecule has 4 aromatic carbocycles. The van der Waals surface area contributed by atoms with Crippen LogP contribution in [0.15, 0.2) is 131 Å². The van der Waals surface area contributed by atoms with Crippen molar-refractivity contribution < 1.29 is 12.8 Å². The molecular formula is C30H26N2O3S. The maximum atomic E-state index is 13.8. The van der Waals surface area contributed by atoms with Gasteiger partial charge in [-0.15, -0.1) is 0 Å². The molecule has 0 N–H and O–H groups in total. The molecule has 5 aromatic rings. The molecular weight excluding hydrogens is 468 g/mol. The highest BCUT2D eigenvalue weighted by Gasteiger charge is 2.32. The van der Waals surface area contributed by atoms with E-state index in [0.29, 0.717) is 17.3 Å². The van der Waals surface area contributed by atoms with Crippen molar-refractivity contribution in [1.82, 2.24) is 9.29 Å². The Hall–Kier alpha value is -4.00. The Kier molecular flexibility index (Phi) is 6.80. The summed E-state index contributed by atoms with van der Waals surface area (Å²) in [6.45, 7) is 1.87. The molecule has 0 fully saturated rings. The van der Waals surface area contributed by atoms with Gasteiger partial charge in [-0.2, -0.15) is 4.31 Å². The summed E-state index contributed by atoms with van der Waals surface area (Å²) in [6, 6.07) is 37.2. The van der Waals surface area contributed by atoms with Crippen molar-refractivity contribution in [2.75, 3.05) is 0 Å². The largest absolute Gasteiger partial charge is 0.439 e. The van der Waals surface area contributed by atoms with Gasteiger partial charge in [-0.3, -0.25) is 0 Å². The minimum absolute atomic E-state index is 0.0139. The van der Waals surface area contributed by atoms with E-state index in [-0.39, 0.29) is 11.4 Å². The number of nitrogens with zero attached hydrogens (tertiary/aromatic N) is 2. The Bertz CT molecular complexity index is 1460. The maximum Gasteiger partial charge on any atom is 0.244 e. The zero-order valence-electron chi connectivity index (χ0n) is 19.9. The van der Waals surface area contributed by atoms with Crippen molar-refractivity contribution in [2.24, 2.45) is 0 Å². The predicted octanol–water partition coefficient (Wildman–Crippen LogP) is 6.96. The van der Waals surface area contributed by atoms with E-state index in [1.807, 2.05) is 97.9 Å². The van der Waals surface area contributed by atoms with E-state index in [1.54, 1.807) is 30.3 Å². The van der Waals surface area contributed by atoms with Gasteiger partial charge in [-0.05, 0) is 24.6 Å². The Labute approximate surface area is 211 Å². The van der Waals surface area contributed by atoms with Gasteiger partial charge in [0.25, 0.3) is 0 Å². The molecule has 5 nitrogen and oxygen atoms in total. The molecule has 5 rings (SSSR count). The van der Waals surface area contributed by atoms with Crippen LogP contribution in [-0.4, -0.2) is 17.7 Å². The van der Waals surface area contributed by atoms with Gasteiger partial charge in [0, 0.05) is 17.2 Å². The molecule has 0 bridgehead atoms. The predicted molar refractivity (Wildman–Crippen MR) is 141 cm³/mol. The van der Waals surface area contributed by atoms with Crippen LogP contribution in [0.3, 0.4) is 0 Å². The molecule has 0 saturated carbocycles. The lowest BCUT2D eigenvalue weighted by molar-refractivity contribution is 0.303. The number of rotatable bonds is 8. The van der Waals surface area contributed by atoms with Gasteiger partial charge in [0.1, 0.15) is 5.69 Å². The molecule has 0 radical (unpaired) electrons. The van der Waals surface area contributed by atoms with Crippen molar-refractivity contribution in [3.63, 3.8) is 0 Å². The normalized spacial score (nSPS) is 12.5. The molecule has 0 aliphatic carbocycles. The van der Waals surface area contributed by atoms with Crippen molar-refractivity contribution in [3.8, 4) is 22.6 Å². The lowest BCUT2D eigenvalue weighted by atomic mass is 10.1. The van der Waals surface area contributed by atoms with E-state index in [4.69, 9.17) is 9.40 Å². The maximum absolute atomic E-state index is 13.8. The molecule has 0 amide bonds. The lowest BCUT2D eigenvalue weighted by Gasteiger charge is -2.27. The fraction of sp³-hybridized carbons (Fsp3) is 0.100. The summed E-state index contributed by atoms with van der Waals surface area (Å²) < 4.78 is 35.4. The second kappa shape index (κ2) is 10.3. The summed E-state index contributed by atoms with van der Waals surface area (Å²) in [5, 5.41) is 0. The second-order valence-electron chi connectivity index (χ2n) is 8.47. The molecule has 36 heavy (non-hydrogen) atoms.